The second-order valence-corrected chi connectivity index (χ2v) is 8.45. The lowest BCUT2D eigenvalue weighted by Crippen LogP contribution is -2.41. The molecule has 1 fully saturated rings. The van der Waals surface area contributed by atoms with Gasteiger partial charge in [-0.3, -0.25) is 0 Å². The molecular weight excluding hydrogens is 369 g/mol. The first-order valence-corrected chi connectivity index (χ1v) is 10.5. The summed E-state index contributed by atoms with van der Waals surface area (Å²) in [7, 11) is -3.46. The molecule has 0 spiro atoms. The van der Waals surface area contributed by atoms with E-state index in [-0.39, 0.29) is 11.9 Å². The Bertz CT molecular complexity index is 847. The lowest BCUT2D eigenvalue weighted by atomic mass is 10.1. The maximum Gasteiger partial charge on any atom is 0.243 e. The number of piperidine rings is 1. The molecule has 2 aromatic carbocycles. The highest BCUT2D eigenvalue weighted by molar-refractivity contribution is 7.89. The van der Waals surface area contributed by atoms with E-state index in [1.54, 1.807) is 24.3 Å². The molecule has 0 N–H and O–H groups in total. The van der Waals surface area contributed by atoms with Crippen LogP contribution in [0.25, 0.3) is 0 Å². The van der Waals surface area contributed by atoms with Crippen molar-refractivity contribution in [1.82, 2.24) is 4.31 Å². The zero-order chi connectivity index (χ0) is 19.3. The number of hydrogen-bond donors (Lipinski definition) is 0. The van der Waals surface area contributed by atoms with E-state index in [0.29, 0.717) is 49.8 Å². The topological polar surface area (TPSA) is 55.8 Å². The molecule has 1 saturated heterocycles. The number of benzene rings is 2. The number of rotatable bonds is 7. The van der Waals surface area contributed by atoms with E-state index < -0.39 is 10.0 Å². The average Bonchev–Trinajstić information content (AvgIpc) is 2.67. The van der Waals surface area contributed by atoms with Gasteiger partial charge in [-0.25, -0.2) is 12.8 Å². The molecule has 2 aromatic rings. The van der Waals surface area contributed by atoms with Gasteiger partial charge in [0.1, 0.15) is 18.2 Å². The molecule has 0 unspecified atom stereocenters. The first kappa shape index (κ1) is 19.8. The summed E-state index contributed by atoms with van der Waals surface area (Å²) in [5.41, 5.74) is 0.758. The Morgan fingerprint density at radius 1 is 1.04 bits per heavy atom. The Labute approximate surface area is 159 Å². The Hall–Kier alpha value is -1.96. The molecule has 5 nitrogen and oxygen atoms in total. The van der Waals surface area contributed by atoms with Crippen LogP contribution in [0.2, 0.25) is 0 Å². The minimum atomic E-state index is -3.46. The van der Waals surface area contributed by atoms with Gasteiger partial charge in [0.25, 0.3) is 0 Å². The zero-order valence-electron chi connectivity index (χ0n) is 15.3. The molecule has 146 valence electrons. The molecule has 0 atom stereocenters. The van der Waals surface area contributed by atoms with Crippen molar-refractivity contribution in [1.29, 1.82) is 0 Å². The molecule has 0 saturated carbocycles. The first-order valence-electron chi connectivity index (χ1n) is 9.02. The Balaban J connectivity index is 1.43. The van der Waals surface area contributed by atoms with E-state index in [9.17, 15) is 12.8 Å². The number of nitrogens with zero attached hydrogens (tertiary/aromatic N) is 1. The van der Waals surface area contributed by atoms with Gasteiger partial charge in [-0.1, -0.05) is 18.2 Å². The first-order chi connectivity index (χ1) is 13.0. The molecule has 0 aliphatic carbocycles. The van der Waals surface area contributed by atoms with E-state index in [0.717, 1.165) is 5.56 Å². The third-order valence-electron chi connectivity index (χ3n) is 4.63. The standard InChI is InChI=1S/C20H24FNO4S/c1-16-4-2-3-5-20(16)27(23,24)22-12-10-19(11-13-22)26-15-14-25-18-8-6-17(21)7-9-18/h2-9,19H,10-15H2,1H3. The van der Waals surface area contributed by atoms with Crippen molar-refractivity contribution in [2.75, 3.05) is 26.3 Å². The highest BCUT2D eigenvalue weighted by Crippen LogP contribution is 2.24. The normalized spacial score (nSPS) is 16.4. The van der Waals surface area contributed by atoms with Gasteiger partial charge in [-0.2, -0.15) is 4.31 Å². The zero-order valence-corrected chi connectivity index (χ0v) is 16.1. The number of ether oxygens (including phenoxy) is 2. The van der Waals surface area contributed by atoms with E-state index in [1.807, 2.05) is 19.1 Å². The van der Waals surface area contributed by atoms with Crippen LogP contribution in [0.1, 0.15) is 18.4 Å². The fraction of sp³-hybridized carbons (Fsp3) is 0.400. The minimum Gasteiger partial charge on any atom is -0.491 e. The lowest BCUT2D eigenvalue weighted by molar-refractivity contribution is 0.00699. The molecule has 1 aliphatic rings. The summed E-state index contributed by atoms with van der Waals surface area (Å²) in [5.74, 6) is 0.296. The van der Waals surface area contributed by atoms with Gasteiger partial charge in [0.05, 0.1) is 17.6 Å². The Morgan fingerprint density at radius 3 is 2.37 bits per heavy atom. The molecule has 3 rings (SSSR count). The van der Waals surface area contributed by atoms with Gasteiger partial charge in [0.2, 0.25) is 10.0 Å². The smallest absolute Gasteiger partial charge is 0.243 e. The van der Waals surface area contributed by atoms with Crippen LogP contribution in [0, 0.1) is 12.7 Å². The highest BCUT2D eigenvalue weighted by Gasteiger charge is 2.30. The summed E-state index contributed by atoms with van der Waals surface area (Å²) < 4.78 is 51.3. The largest absolute Gasteiger partial charge is 0.491 e. The fourth-order valence-corrected chi connectivity index (χ4v) is 4.82. The molecule has 27 heavy (non-hydrogen) atoms. The van der Waals surface area contributed by atoms with Gasteiger partial charge in [-0.05, 0) is 55.7 Å². The maximum atomic E-state index is 12.8. The van der Waals surface area contributed by atoms with Crippen LogP contribution in [0.3, 0.4) is 0 Å². The summed E-state index contributed by atoms with van der Waals surface area (Å²) in [6.07, 6.45) is 1.33. The molecule has 0 bridgehead atoms. The summed E-state index contributed by atoms with van der Waals surface area (Å²) >= 11 is 0. The second-order valence-electron chi connectivity index (χ2n) is 6.54. The van der Waals surface area contributed by atoms with Crippen molar-refractivity contribution >= 4 is 10.0 Å². The van der Waals surface area contributed by atoms with Gasteiger partial charge in [0, 0.05) is 13.1 Å². The molecule has 0 amide bonds. The van der Waals surface area contributed by atoms with Crippen LogP contribution in [0.5, 0.6) is 5.75 Å². The fourth-order valence-electron chi connectivity index (χ4n) is 3.13. The van der Waals surface area contributed by atoms with Gasteiger partial charge >= 0.3 is 0 Å². The number of aryl methyl sites for hydroxylation is 1. The van der Waals surface area contributed by atoms with Crippen LogP contribution < -0.4 is 4.74 Å². The predicted molar refractivity (Wildman–Crippen MR) is 101 cm³/mol. The van der Waals surface area contributed by atoms with E-state index in [1.165, 1.54) is 16.4 Å². The van der Waals surface area contributed by atoms with E-state index in [4.69, 9.17) is 9.47 Å². The van der Waals surface area contributed by atoms with Crippen LogP contribution in [-0.2, 0) is 14.8 Å². The van der Waals surface area contributed by atoms with Crippen molar-refractivity contribution in [3.05, 3.63) is 59.9 Å². The summed E-state index contributed by atoms with van der Waals surface area (Å²) in [5, 5.41) is 0. The van der Waals surface area contributed by atoms with Crippen LogP contribution in [0.4, 0.5) is 4.39 Å². The number of halogens is 1. The molecule has 1 heterocycles. The van der Waals surface area contributed by atoms with Gasteiger partial charge < -0.3 is 9.47 Å². The van der Waals surface area contributed by atoms with E-state index in [2.05, 4.69) is 0 Å². The average molecular weight is 393 g/mol. The third kappa shape index (κ3) is 5.06. The van der Waals surface area contributed by atoms with Crippen molar-refractivity contribution in [3.8, 4) is 5.75 Å². The van der Waals surface area contributed by atoms with Crippen LogP contribution >= 0.6 is 0 Å². The van der Waals surface area contributed by atoms with Gasteiger partial charge in [-0.15, -0.1) is 0 Å². The highest BCUT2D eigenvalue weighted by atomic mass is 32.2. The van der Waals surface area contributed by atoms with E-state index >= 15 is 0 Å². The van der Waals surface area contributed by atoms with Gasteiger partial charge in [0.15, 0.2) is 0 Å². The quantitative estimate of drug-likeness (QED) is 0.677. The number of hydrogen-bond acceptors (Lipinski definition) is 4. The molecular formula is C20H24FNO4S. The van der Waals surface area contributed by atoms with Crippen molar-refractivity contribution in [2.45, 2.75) is 30.8 Å². The van der Waals surface area contributed by atoms with Crippen LogP contribution in [0.15, 0.2) is 53.4 Å². The molecule has 7 heteroatoms. The second kappa shape index (κ2) is 8.82. The molecule has 1 aliphatic heterocycles. The Morgan fingerprint density at radius 2 is 1.70 bits per heavy atom. The number of sulfonamides is 1. The van der Waals surface area contributed by atoms with Crippen LogP contribution in [-0.4, -0.2) is 45.1 Å². The SMILES string of the molecule is Cc1ccccc1S(=O)(=O)N1CCC(OCCOc2ccc(F)cc2)CC1. The van der Waals surface area contributed by atoms with Crippen molar-refractivity contribution < 1.29 is 22.3 Å². The minimum absolute atomic E-state index is 0.0186. The summed E-state index contributed by atoms with van der Waals surface area (Å²) in [4.78, 5) is 0.372. The molecule has 0 aromatic heterocycles. The lowest BCUT2D eigenvalue weighted by Gasteiger charge is -2.31. The predicted octanol–water partition coefficient (Wildman–Crippen LogP) is 3.38. The Kier molecular flexibility index (Phi) is 6.46. The maximum absolute atomic E-state index is 12.8. The van der Waals surface area contributed by atoms with Crippen molar-refractivity contribution in [2.24, 2.45) is 0 Å². The van der Waals surface area contributed by atoms with Crippen molar-refractivity contribution in [3.63, 3.8) is 0 Å². The molecule has 0 radical (unpaired) electrons. The third-order valence-corrected chi connectivity index (χ3v) is 6.69. The monoisotopic (exact) mass is 393 g/mol. The summed E-state index contributed by atoms with van der Waals surface area (Å²) in [6.45, 7) is 3.48. The summed E-state index contributed by atoms with van der Waals surface area (Å²) in [6, 6.07) is 12.9.